The van der Waals surface area contributed by atoms with E-state index in [1.165, 1.54) is 5.82 Å². The zero-order valence-electron chi connectivity index (χ0n) is 17.4. The number of fused-ring (bicyclic) bond motifs is 1. The highest BCUT2D eigenvalue weighted by atomic mass is 16.5. The number of carbonyl (C=O) groups excluding carboxylic acids is 1. The van der Waals surface area contributed by atoms with E-state index >= 15 is 0 Å². The monoisotopic (exact) mass is 400 g/mol. The quantitative estimate of drug-likeness (QED) is 0.628. The van der Waals surface area contributed by atoms with Crippen LogP contribution in [0.25, 0.3) is 5.52 Å². The molecule has 4 rings (SSSR count). The van der Waals surface area contributed by atoms with Crippen LogP contribution >= 0.6 is 0 Å². The Bertz CT molecular complexity index is 807. The SMILES string of the molecule is COCCN1CCN(c2ccc3ccc(C(=O)CCN4CCOCC4)cn23)CC1. The number of piperazine rings is 1. The van der Waals surface area contributed by atoms with Crippen molar-refractivity contribution in [3.8, 4) is 0 Å². The highest BCUT2D eigenvalue weighted by Gasteiger charge is 2.20. The van der Waals surface area contributed by atoms with Crippen LogP contribution in [0, 0.1) is 0 Å². The molecule has 0 aromatic carbocycles. The van der Waals surface area contributed by atoms with Crippen LogP contribution in [0.1, 0.15) is 16.8 Å². The van der Waals surface area contributed by atoms with Crippen molar-refractivity contribution >= 4 is 17.1 Å². The molecule has 0 atom stereocenters. The first-order valence-corrected chi connectivity index (χ1v) is 10.7. The predicted octanol–water partition coefficient (Wildman–Crippen LogP) is 1.61. The van der Waals surface area contributed by atoms with Crippen molar-refractivity contribution < 1.29 is 14.3 Å². The smallest absolute Gasteiger partial charge is 0.165 e. The summed E-state index contributed by atoms with van der Waals surface area (Å²) >= 11 is 0. The summed E-state index contributed by atoms with van der Waals surface area (Å²) in [4.78, 5) is 19.9. The van der Waals surface area contributed by atoms with Gasteiger partial charge in [0.1, 0.15) is 5.82 Å². The molecule has 0 aliphatic carbocycles. The van der Waals surface area contributed by atoms with E-state index < -0.39 is 0 Å². The maximum atomic E-state index is 12.8. The van der Waals surface area contributed by atoms with Crippen molar-refractivity contribution in [3.63, 3.8) is 0 Å². The number of morpholine rings is 1. The second kappa shape index (κ2) is 9.71. The maximum Gasteiger partial charge on any atom is 0.165 e. The van der Waals surface area contributed by atoms with Crippen molar-refractivity contribution in [3.05, 3.63) is 36.0 Å². The number of rotatable bonds is 8. The number of anilines is 1. The Hall–Kier alpha value is -1.93. The minimum absolute atomic E-state index is 0.211. The molecule has 2 saturated heterocycles. The van der Waals surface area contributed by atoms with E-state index in [-0.39, 0.29) is 5.78 Å². The van der Waals surface area contributed by atoms with E-state index in [0.29, 0.717) is 6.42 Å². The van der Waals surface area contributed by atoms with Crippen molar-refractivity contribution in [2.45, 2.75) is 6.42 Å². The Balaban J connectivity index is 1.40. The second-order valence-electron chi connectivity index (χ2n) is 7.85. The Kier molecular flexibility index (Phi) is 6.82. The van der Waals surface area contributed by atoms with E-state index in [4.69, 9.17) is 9.47 Å². The molecular weight excluding hydrogens is 368 g/mol. The van der Waals surface area contributed by atoms with Gasteiger partial charge in [-0.1, -0.05) is 0 Å². The molecule has 0 saturated carbocycles. The van der Waals surface area contributed by atoms with E-state index in [1.54, 1.807) is 7.11 Å². The van der Waals surface area contributed by atoms with E-state index in [1.807, 2.05) is 12.3 Å². The van der Waals surface area contributed by atoms with Gasteiger partial charge in [-0.05, 0) is 24.3 Å². The van der Waals surface area contributed by atoms with Crippen molar-refractivity contribution in [1.82, 2.24) is 14.2 Å². The summed E-state index contributed by atoms with van der Waals surface area (Å²) in [5.41, 5.74) is 1.92. The van der Waals surface area contributed by atoms with Crippen LogP contribution in [0.15, 0.2) is 30.5 Å². The first-order valence-electron chi connectivity index (χ1n) is 10.7. The average Bonchev–Trinajstić information content (AvgIpc) is 3.20. The molecule has 2 aromatic rings. The average molecular weight is 401 g/mol. The normalized spacial score (nSPS) is 19.1. The van der Waals surface area contributed by atoms with Gasteiger partial charge in [-0.2, -0.15) is 0 Å². The van der Waals surface area contributed by atoms with Crippen LogP contribution in [0.4, 0.5) is 5.82 Å². The van der Waals surface area contributed by atoms with Crippen molar-refractivity contribution in [2.75, 3.05) is 84.2 Å². The fourth-order valence-electron chi connectivity index (χ4n) is 4.16. The topological polar surface area (TPSA) is 49.7 Å². The first kappa shape index (κ1) is 20.3. The molecule has 0 unspecified atom stereocenters. The Morgan fingerprint density at radius 2 is 1.69 bits per heavy atom. The minimum atomic E-state index is 0.211. The molecule has 0 spiro atoms. The summed E-state index contributed by atoms with van der Waals surface area (Å²) in [6, 6.07) is 8.32. The molecule has 0 bridgehead atoms. The highest BCUT2D eigenvalue weighted by molar-refractivity contribution is 5.96. The fourth-order valence-corrected chi connectivity index (χ4v) is 4.16. The maximum absolute atomic E-state index is 12.8. The Morgan fingerprint density at radius 3 is 2.45 bits per heavy atom. The third-order valence-corrected chi connectivity index (χ3v) is 6.02. The standard InChI is InChI=1S/C22H32N4O3/c1-28-15-12-24-8-10-25(11-9-24)22-5-4-20-3-2-19(18-26(20)22)21(27)6-7-23-13-16-29-17-14-23/h2-5,18H,6-17H2,1H3. The van der Waals surface area contributed by atoms with Crippen LogP contribution in [-0.2, 0) is 9.47 Å². The number of carbonyl (C=O) groups is 1. The zero-order valence-corrected chi connectivity index (χ0v) is 17.4. The Labute approximate surface area is 172 Å². The summed E-state index contributed by atoms with van der Waals surface area (Å²) in [5, 5.41) is 0. The van der Waals surface area contributed by atoms with E-state index in [0.717, 1.165) is 83.3 Å². The highest BCUT2D eigenvalue weighted by Crippen LogP contribution is 2.22. The molecule has 0 amide bonds. The van der Waals surface area contributed by atoms with Gasteiger partial charge in [0.15, 0.2) is 5.78 Å². The molecule has 7 nitrogen and oxygen atoms in total. The number of ketones is 1. The fraction of sp³-hybridized carbons (Fsp3) is 0.591. The molecular formula is C22H32N4O3. The predicted molar refractivity (Wildman–Crippen MR) is 114 cm³/mol. The first-order chi connectivity index (χ1) is 14.2. The van der Waals surface area contributed by atoms with Crippen LogP contribution in [0.2, 0.25) is 0 Å². The number of aromatic nitrogens is 1. The van der Waals surface area contributed by atoms with Crippen molar-refractivity contribution in [1.29, 1.82) is 0 Å². The van der Waals surface area contributed by atoms with E-state index in [9.17, 15) is 4.79 Å². The Morgan fingerprint density at radius 1 is 0.966 bits per heavy atom. The molecule has 4 heterocycles. The van der Waals surface area contributed by atoms with Gasteiger partial charge in [0.05, 0.1) is 19.8 Å². The lowest BCUT2D eigenvalue weighted by molar-refractivity contribution is 0.0370. The van der Waals surface area contributed by atoms with Gasteiger partial charge in [0.25, 0.3) is 0 Å². The van der Waals surface area contributed by atoms with Gasteiger partial charge in [0.2, 0.25) is 0 Å². The molecule has 0 N–H and O–H groups in total. The summed E-state index contributed by atoms with van der Waals surface area (Å²) in [7, 11) is 1.75. The van der Waals surface area contributed by atoms with Gasteiger partial charge < -0.3 is 18.8 Å². The van der Waals surface area contributed by atoms with E-state index in [2.05, 4.69) is 37.3 Å². The lowest BCUT2D eigenvalue weighted by atomic mass is 10.1. The molecule has 2 aliphatic rings. The molecule has 158 valence electrons. The number of Topliss-reactive ketones (excluding diaryl/α,β-unsaturated/α-hetero) is 1. The number of hydrogen-bond acceptors (Lipinski definition) is 6. The lowest BCUT2D eigenvalue weighted by Gasteiger charge is -2.35. The van der Waals surface area contributed by atoms with Gasteiger partial charge in [-0.25, -0.2) is 0 Å². The number of ether oxygens (including phenoxy) is 2. The van der Waals surface area contributed by atoms with Crippen LogP contribution in [-0.4, -0.2) is 99.3 Å². The van der Waals surface area contributed by atoms with Gasteiger partial charge in [-0.3, -0.25) is 14.6 Å². The molecule has 29 heavy (non-hydrogen) atoms. The molecule has 2 fully saturated rings. The third kappa shape index (κ3) is 4.98. The number of hydrogen-bond donors (Lipinski definition) is 0. The summed E-state index contributed by atoms with van der Waals surface area (Å²) < 4.78 is 12.8. The number of pyridine rings is 1. The lowest BCUT2D eigenvalue weighted by Crippen LogP contribution is -2.47. The number of methoxy groups -OCH3 is 1. The summed E-state index contributed by atoms with van der Waals surface area (Å²) in [6.45, 7) is 10.0. The van der Waals surface area contributed by atoms with Crippen molar-refractivity contribution in [2.24, 2.45) is 0 Å². The van der Waals surface area contributed by atoms with Crippen LogP contribution < -0.4 is 4.90 Å². The molecule has 2 aromatic heterocycles. The van der Waals surface area contributed by atoms with Gasteiger partial charge in [-0.15, -0.1) is 0 Å². The molecule has 2 aliphatic heterocycles. The molecule has 7 heteroatoms. The summed E-state index contributed by atoms with van der Waals surface area (Å²) in [5.74, 6) is 1.39. The minimum Gasteiger partial charge on any atom is -0.383 e. The molecule has 0 radical (unpaired) electrons. The van der Waals surface area contributed by atoms with Gasteiger partial charge in [0, 0.05) is 83.2 Å². The zero-order chi connectivity index (χ0) is 20.1. The van der Waals surface area contributed by atoms with Crippen LogP contribution in [0.5, 0.6) is 0 Å². The third-order valence-electron chi connectivity index (χ3n) is 6.02. The largest absolute Gasteiger partial charge is 0.383 e. The number of nitrogens with zero attached hydrogens (tertiary/aromatic N) is 4. The second-order valence-corrected chi connectivity index (χ2v) is 7.85. The summed E-state index contributed by atoms with van der Waals surface area (Å²) in [6.07, 6.45) is 2.57. The van der Waals surface area contributed by atoms with Crippen LogP contribution in [0.3, 0.4) is 0 Å². The van der Waals surface area contributed by atoms with Gasteiger partial charge >= 0.3 is 0 Å².